The maximum atomic E-state index is 10.7. The predicted octanol–water partition coefficient (Wildman–Crippen LogP) is 2.39. The van der Waals surface area contributed by atoms with Crippen LogP contribution in [0.3, 0.4) is 0 Å². The van der Waals surface area contributed by atoms with Gasteiger partial charge in [0.1, 0.15) is 11.4 Å². The van der Waals surface area contributed by atoms with Gasteiger partial charge in [-0.3, -0.25) is 0 Å². The largest absolute Gasteiger partial charge is 0.423 e. The predicted molar refractivity (Wildman–Crippen MR) is 58.8 cm³/mol. The molecule has 0 fully saturated rings. The highest BCUT2D eigenvalue weighted by Gasteiger charge is 1.92. The second-order valence-corrected chi connectivity index (χ2v) is 3.20. The number of fused-ring (bicyclic) bond motifs is 1. The summed E-state index contributed by atoms with van der Waals surface area (Å²) >= 11 is 0. The van der Waals surface area contributed by atoms with Gasteiger partial charge in [0.15, 0.2) is 0 Å². The number of ketones is 1. The van der Waals surface area contributed by atoms with E-state index in [4.69, 9.17) is 4.42 Å². The zero-order chi connectivity index (χ0) is 11.3. The molecule has 2 aromatic rings. The molecule has 1 aromatic carbocycles. The van der Waals surface area contributed by atoms with E-state index in [9.17, 15) is 9.59 Å². The number of hydrogen-bond acceptors (Lipinski definition) is 3. The summed E-state index contributed by atoms with van der Waals surface area (Å²) in [6, 6.07) is 10.6. The van der Waals surface area contributed by atoms with Gasteiger partial charge < -0.3 is 9.21 Å². The number of hydrogen-bond donors (Lipinski definition) is 0. The average molecular weight is 204 g/mol. The third-order valence-electron chi connectivity index (χ3n) is 1.53. The van der Waals surface area contributed by atoms with Gasteiger partial charge in [-0.15, -0.1) is 0 Å². The Balaban J connectivity index is 0.000000245. The molecule has 3 nitrogen and oxygen atoms in total. The third kappa shape index (κ3) is 3.77. The van der Waals surface area contributed by atoms with Crippen LogP contribution in [0.1, 0.15) is 13.8 Å². The molecule has 0 unspecified atom stereocenters. The fourth-order valence-corrected chi connectivity index (χ4v) is 1.01. The summed E-state index contributed by atoms with van der Waals surface area (Å²) in [4.78, 5) is 20.2. The zero-order valence-electron chi connectivity index (χ0n) is 8.69. The fraction of sp³-hybridized carbons (Fsp3) is 0.167. The Labute approximate surface area is 87.3 Å². The number of carbonyl (C=O) groups excluding carboxylic acids is 1. The summed E-state index contributed by atoms with van der Waals surface area (Å²) < 4.78 is 4.91. The monoisotopic (exact) mass is 204 g/mol. The Morgan fingerprint density at radius 2 is 1.67 bits per heavy atom. The van der Waals surface area contributed by atoms with E-state index in [2.05, 4.69) is 0 Å². The molecule has 1 heterocycles. The van der Waals surface area contributed by atoms with E-state index in [1.807, 2.05) is 18.2 Å². The van der Waals surface area contributed by atoms with Crippen LogP contribution < -0.4 is 5.63 Å². The van der Waals surface area contributed by atoms with Crippen LogP contribution >= 0.6 is 0 Å². The summed E-state index contributed by atoms with van der Waals surface area (Å²) in [6.45, 7) is 3.06. The lowest BCUT2D eigenvalue weighted by atomic mass is 10.2. The van der Waals surface area contributed by atoms with Crippen LogP contribution in [0.15, 0.2) is 45.6 Å². The molecule has 0 amide bonds. The van der Waals surface area contributed by atoms with Gasteiger partial charge >= 0.3 is 5.63 Å². The number of rotatable bonds is 0. The quantitative estimate of drug-likeness (QED) is 0.619. The normalized spacial score (nSPS) is 9.20. The number of Topliss-reactive ketones (excluding diaryl/α,β-unsaturated/α-hetero) is 1. The van der Waals surface area contributed by atoms with Crippen LogP contribution in [0.2, 0.25) is 0 Å². The van der Waals surface area contributed by atoms with Gasteiger partial charge in [-0.1, -0.05) is 18.2 Å². The van der Waals surface area contributed by atoms with Crippen molar-refractivity contribution in [1.82, 2.24) is 0 Å². The maximum absolute atomic E-state index is 10.7. The minimum Gasteiger partial charge on any atom is -0.423 e. The molecule has 0 radical (unpaired) electrons. The molecule has 0 aliphatic rings. The van der Waals surface area contributed by atoms with E-state index in [0.717, 1.165) is 5.39 Å². The SMILES string of the molecule is CC(C)=O.O=c1ccc2ccccc2o1. The molecule has 0 saturated carbocycles. The molecule has 0 N–H and O–H groups in total. The molecule has 78 valence electrons. The maximum Gasteiger partial charge on any atom is 0.336 e. The second kappa shape index (κ2) is 5.10. The Morgan fingerprint density at radius 1 is 1.07 bits per heavy atom. The number of carbonyl (C=O) groups is 1. The highest BCUT2D eigenvalue weighted by molar-refractivity contribution is 5.75. The van der Waals surface area contributed by atoms with Gasteiger partial charge in [-0.2, -0.15) is 0 Å². The van der Waals surface area contributed by atoms with Gasteiger partial charge in [0.05, 0.1) is 0 Å². The first-order valence-corrected chi connectivity index (χ1v) is 4.55. The van der Waals surface area contributed by atoms with Crippen LogP contribution in [-0.2, 0) is 4.79 Å². The molecule has 0 aliphatic carbocycles. The van der Waals surface area contributed by atoms with Gasteiger partial charge in [-0.25, -0.2) is 4.79 Å². The summed E-state index contributed by atoms with van der Waals surface area (Å²) in [7, 11) is 0. The van der Waals surface area contributed by atoms with Crippen molar-refractivity contribution in [2.24, 2.45) is 0 Å². The minimum absolute atomic E-state index is 0.167. The van der Waals surface area contributed by atoms with Gasteiger partial charge in [0.2, 0.25) is 0 Å². The molecule has 0 atom stereocenters. The molecule has 15 heavy (non-hydrogen) atoms. The van der Waals surface area contributed by atoms with Crippen molar-refractivity contribution >= 4 is 16.8 Å². The van der Waals surface area contributed by atoms with E-state index < -0.39 is 0 Å². The average Bonchev–Trinajstić information content (AvgIpc) is 2.16. The van der Waals surface area contributed by atoms with Crippen molar-refractivity contribution in [3.05, 3.63) is 46.8 Å². The Kier molecular flexibility index (Phi) is 3.80. The van der Waals surface area contributed by atoms with Crippen molar-refractivity contribution in [1.29, 1.82) is 0 Å². The van der Waals surface area contributed by atoms with E-state index in [1.54, 1.807) is 12.1 Å². The van der Waals surface area contributed by atoms with Crippen molar-refractivity contribution in [2.75, 3.05) is 0 Å². The number of para-hydroxylation sites is 1. The molecular formula is C12H12O3. The zero-order valence-corrected chi connectivity index (χ0v) is 8.69. The lowest BCUT2D eigenvalue weighted by Gasteiger charge is -1.91. The van der Waals surface area contributed by atoms with E-state index in [-0.39, 0.29) is 11.4 Å². The van der Waals surface area contributed by atoms with E-state index in [1.165, 1.54) is 19.9 Å². The van der Waals surface area contributed by atoms with Crippen molar-refractivity contribution < 1.29 is 9.21 Å². The lowest BCUT2D eigenvalue weighted by Crippen LogP contribution is -1.93. The topological polar surface area (TPSA) is 47.3 Å². The van der Waals surface area contributed by atoms with Crippen LogP contribution in [0.25, 0.3) is 11.0 Å². The molecule has 0 spiro atoms. The van der Waals surface area contributed by atoms with Crippen molar-refractivity contribution in [3.63, 3.8) is 0 Å². The molecule has 2 rings (SSSR count). The van der Waals surface area contributed by atoms with Crippen LogP contribution in [-0.4, -0.2) is 5.78 Å². The Morgan fingerprint density at radius 3 is 2.33 bits per heavy atom. The standard InChI is InChI=1S/C9H6O2.C3H6O/c10-9-6-5-7-3-1-2-4-8(7)11-9;1-3(2)4/h1-6H;1-2H3. The second-order valence-electron chi connectivity index (χ2n) is 3.20. The first-order valence-electron chi connectivity index (χ1n) is 4.55. The van der Waals surface area contributed by atoms with Gasteiger partial charge in [-0.05, 0) is 26.0 Å². The summed E-state index contributed by atoms with van der Waals surface area (Å²) in [5.41, 5.74) is 0.337. The van der Waals surface area contributed by atoms with Crippen LogP contribution in [0.4, 0.5) is 0 Å². The van der Waals surface area contributed by atoms with Crippen LogP contribution in [0, 0.1) is 0 Å². The highest BCUT2D eigenvalue weighted by atomic mass is 16.4. The smallest absolute Gasteiger partial charge is 0.336 e. The number of benzene rings is 1. The van der Waals surface area contributed by atoms with Crippen LogP contribution in [0.5, 0.6) is 0 Å². The van der Waals surface area contributed by atoms with Crippen molar-refractivity contribution in [2.45, 2.75) is 13.8 Å². The molecular weight excluding hydrogens is 192 g/mol. The minimum atomic E-state index is -0.302. The molecule has 0 aliphatic heterocycles. The third-order valence-corrected chi connectivity index (χ3v) is 1.53. The molecule has 0 bridgehead atoms. The van der Waals surface area contributed by atoms with Crippen molar-refractivity contribution in [3.8, 4) is 0 Å². The first-order chi connectivity index (χ1) is 7.09. The summed E-state index contributed by atoms with van der Waals surface area (Å²) in [6.07, 6.45) is 0. The molecule has 3 heteroatoms. The summed E-state index contributed by atoms with van der Waals surface area (Å²) in [5, 5.41) is 0.951. The van der Waals surface area contributed by atoms with Gasteiger partial charge in [0, 0.05) is 11.5 Å². The lowest BCUT2D eigenvalue weighted by molar-refractivity contribution is -0.114. The Bertz CT molecular complexity index is 507. The van der Waals surface area contributed by atoms with E-state index >= 15 is 0 Å². The fourth-order valence-electron chi connectivity index (χ4n) is 1.01. The van der Waals surface area contributed by atoms with Gasteiger partial charge in [0.25, 0.3) is 0 Å². The Hall–Kier alpha value is -1.90. The highest BCUT2D eigenvalue weighted by Crippen LogP contribution is 2.08. The van der Waals surface area contributed by atoms with E-state index in [0.29, 0.717) is 5.58 Å². The molecule has 0 saturated heterocycles. The molecule has 1 aromatic heterocycles. The summed E-state index contributed by atoms with van der Waals surface area (Å²) in [5.74, 6) is 0.167. The first kappa shape index (κ1) is 11.2.